The van der Waals surface area contributed by atoms with Crippen molar-refractivity contribution < 1.29 is 9.90 Å². The molecule has 0 aromatic carbocycles. The lowest BCUT2D eigenvalue weighted by Gasteiger charge is -2.12. The van der Waals surface area contributed by atoms with Crippen molar-refractivity contribution >= 4 is 27.5 Å². The van der Waals surface area contributed by atoms with E-state index in [0.717, 1.165) is 40.4 Å². The van der Waals surface area contributed by atoms with E-state index in [9.17, 15) is 14.7 Å². The summed E-state index contributed by atoms with van der Waals surface area (Å²) in [7, 11) is 0. The molecule has 0 fully saturated rings. The molecule has 136 valence electrons. The summed E-state index contributed by atoms with van der Waals surface area (Å²) in [5.74, 6) is -0.563. The predicted molar refractivity (Wildman–Crippen MR) is 101 cm³/mol. The zero-order valence-electron chi connectivity index (χ0n) is 15.0. The second-order valence-electron chi connectivity index (χ2n) is 6.80. The average Bonchev–Trinajstić information content (AvgIpc) is 3.14. The van der Waals surface area contributed by atoms with E-state index in [2.05, 4.69) is 6.92 Å². The van der Waals surface area contributed by atoms with Crippen LogP contribution in [0, 0.1) is 0 Å². The molecule has 0 radical (unpaired) electrons. The molecule has 0 amide bonds. The number of hydrogen-bond acceptors (Lipinski definition) is 4. The van der Waals surface area contributed by atoms with Crippen LogP contribution in [0.3, 0.4) is 0 Å². The number of carboxylic acid groups (broad SMARTS) is 1. The maximum Gasteiger partial charge on any atom is 0.311 e. The van der Waals surface area contributed by atoms with Crippen LogP contribution in [-0.2, 0) is 24.2 Å². The number of rotatable bonds is 8. The number of nitrogens with zero attached hydrogens (tertiary/aromatic N) is 2. The fourth-order valence-corrected chi connectivity index (χ4v) is 5.05. The molecule has 1 aliphatic carbocycles. The van der Waals surface area contributed by atoms with Gasteiger partial charge in [-0.25, -0.2) is 4.98 Å². The first-order chi connectivity index (χ1) is 12.1. The minimum atomic E-state index is -0.830. The number of unbranched alkanes of at least 4 members (excludes halogenated alkanes) is 4. The van der Waals surface area contributed by atoms with Crippen LogP contribution >= 0.6 is 11.3 Å². The molecule has 3 rings (SSSR count). The van der Waals surface area contributed by atoms with Crippen LogP contribution in [0.5, 0.6) is 0 Å². The van der Waals surface area contributed by atoms with E-state index in [1.54, 1.807) is 4.57 Å². The summed E-state index contributed by atoms with van der Waals surface area (Å²) < 4.78 is 1.79. The molecule has 0 saturated carbocycles. The standard InChI is InChI=1S/C19H26N2O3S/c1-3-5-6-7-8-11-21-14(4-2)20-17-16(18(21)22)15-12(19(23)24)9-10-13(15)25-17/h12H,3-11H2,1-2H3,(H,23,24). The van der Waals surface area contributed by atoms with Crippen LogP contribution in [-0.4, -0.2) is 20.6 Å². The van der Waals surface area contributed by atoms with Crippen molar-refractivity contribution in [2.75, 3.05) is 0 Å². The molecule has 0 spiro atoms. The highest BCUT2D eigenvalue weighted by atomic mass is 32.1. The maximum absolute atomic E-state index is 13.2. The number of aromatic nitrogens is 2. The Morgan fingerprint density at radius 2 is 2.04 bits per heavy atom. The molecular formula is C19H26N2O3S. The number of hydrogen-bond donors (Lipinski definition) is 1. The highest BCUT2D eigenvalue weighted by Crippen LogP contribution is 2.42. The summed E-state index contributed by atoms with van der Waals surface area (Å²) in [6.45, 7) is 4.88. The van der Waals surface area contributed by atoms with E-state index < -0.39 is 11.9 Å². The van der Waals surface area contributed by atoms with Gasteiger partial charge in [0, 0.05) is 17.8 Å². The summed E-state index contributed by atoms with van der Waals surface area (Å²) in [6, 6.07) is 0. The molecule has 5 nitrogen and oxygen atoms in total. The third kappa shape index (κ3) is 3.36. The number of aryl methyl sites for hydroxylation is 2. The lowest BCUT2D eigenvalue weighted by Crippen LogP contribution is -2.26. The van der Waals surface area contributed by atoms with Gasteiger partial charge in [-0.1, -0.05) is 39.5 Å². The van der Waals surface area contributed by atoms with Crippen molar-refractivity contribution in [3.8, 4) is 0 Å². The molecule has 1 N–H and O–H groups in total. The van der Waals surface area contributed by atoms with E-state index in [1.807, 2.05) is 6.92 Å². The second-order valence-corrected chi connectivity index (χ2v) is 7.88. The topological polar surface area (TPSA) is 72.2 Å². The fourth-order valence-electron chi connectivity index (χ4n) is 3.79. The molecule has 1 atom stereocenters. The van der Waals surface area contributed by atoms with Crippen molar-refractivity contribution in [2.24, 2.45) is 0 Å². The van der Waals surface area contributed by atoms with Crippen LogP contribution < -0.4 is 5.56 Å². The molecule has 1 unspecified atom stereocenters. The lowest BCUT2D eigenvalue weighted by atomic mass is 10.0. The van der Waals surface area contributed by atoms with Gasteiger partial charge in [-0.3, -0.25) is 14.2 Å². The van der Waals surface area contributed by atoms with E-state index in [4.69, 9.17) is 4.98 Å². The van der Waals surface area contributed by atoms with E-state index in [0.29, 0.717) is 24.8 Å². The van der Waals surface area contributed by atoms with Gasteiger partial charge < -0.3 is 5.11 Å². The van der Waals surface area contributed by atoms with E-state index in [-0.39, 0.29) is 5.56 Å². The SMILES string of the molecule is CCCCCCCn1c(CC)nc2sc3c(c2c1=O)C(C(=O)O)CC3. The third-order valence-electron chi connectivity index (χ3n) is 5.11. The molecule has 0 bridgehead atoms. The molecule has 2 aromatic rings. The van der Waals surface area contributed by atoms with Crippen LogP contribution in [0.25, 0.3) is 10.2 Å². The van der Waals surface area contributed by atoms with Crippen LogP contribution in [0.4, 0.5) is 0 Å². The molecule has 1 aliphatic rings. The minimum absolute atomic E-state index is 0.0389. The summed E-state index contributed by atoms with van der Waals surface area (Å²) in [5.41, 5.74) is 0.704. The Balaban J connectivity index is 1.99. The Morgan fingerprint density at radius 3 is 2.72 bits per heavy atom. The molecule has 6 heteroatoms. The summed E-state index contributed by atoms with van der Waals surface area (Å²) in [5, 5.41) is 10.1. The zero-order chi connectivity index (χ0) is 18.0. The van der Waals surface area contributed by atoms with Gasteiger partial charge in [-0.2, -0.15) is 0 Å². The Hall–Kier alpha value is -1.69. The number of thiophene rings is 1. The Bertz CT molecular complexity index is 837. The highest BCUT2D eigenvalue weighted by molar-refractivity contribution is 7.18. The number of carbonyl (C=O) groups is 1. The van der Waals surface area contributed by atoms with Gasteiger partial charge >= 0.3 is 5.97 Å². The monoisotopic (exact) mass is 362 g/mol. The van der Waals surface area contributed by atoms with E-state index >= 15 is 0 Å². The smallest absolute Gasteiger partial charge is 0.311 e. The summed E-state index contributed by atoms with van der Waals surface area (Å²) in [4.78, 5) is 31.2. The van der Waals surface area contributed by atoms with Crippen LogP contribution in [0.15, 0.2) is 4.79 Å². The first kappa shape index (κ1) is 18.1. The summed E-state index contributed by atoms with van der Waals surface area (Å²) in [6.07, 6.45) is 7.75. The molecule has 2 heterocycles. The normalized spacial score (nSPS) is 16.5. The molecule has 25 heavy (non-hydrogen) atoms. The Labute approximate surface area is 151 Å². The highest BCUT2D eigenvalue weighted by Gasteiger charge is 2.34. The van der Waals surface area contributed by atoms with Crippen LogP contribution in [0.1, 0.15) is 74.6 Å². The lowest BCUT2D eigenvalue weighted by molar-refractivity contribution is -0.138. The van der Waals surface area contributed by atoms with Crippen molar-refractivity contribution in [2.45, 2.75) is 77.7 Å². The Kier molecular flexibility index (Phi) is 5.57. The second kappa shape index (κ2) is 7.68. The van der Waals surface area contributed by atoms with Gasteiger partial charge in [0.25, 0.3) is 5.56 Å². The van der Waals surface area contributed by atoms with Crippen LogP contribution in [0.2, 0.25) is 0 Å². The minimum Gasteiger partial charge on any atom is -0.481 e. The van der Waals surface area contributed by atoms with Gasteiger partial charge in [0.1, 0.15) is 10.7 Å². The molecular weight excluding hydrogens is 336 g/mol. The van der Waals surface area contributed by atoms with Gasteiger partial charge in [-0.05, 0) is 24.8 Å². The quantitative estimate of drug-likeness (QED) is 0.718. The largest absolute Gasteiger partial charge is 0.481 e. The third-order valence-corrected chi connectivity index (χ3v) is 6.27. The van der Waals surface area contributed by atoms with Gasteiger partial charge in [-0.15, -0.1) is 11.3 Å². The van der Waals surface area contributed by atoms with Gasteiger partial charge in [0.05, 0.1) is 11.3 Å². The average molecular weight is 362 g/mol. The maximum atomic E-state index is 13.2. The van der Waals surface area contributed by atoms with Gasteiger partial charge in [0.15, 0.2) is 0 Å². The molecule has 0 saturated heterocycles. The summed E-state index contributed by atoms with van der Waals surface area (Å²) >= 11 is 1.51. The van der Waals surface area contributed by atoms with Crippen molar-refractivity contribution in [3.63, 3.8) is 0 Å². The first-order valence-corrected chi connectivity index (χ1v) is 10.2. The number of aliphatic carboxylic acids is 1. The molecule has 0 aliphatic heterocycles. The number of fused-ring (bicyclic) bond motifs is 3. The Morgan fingerprint density at radius 1 is 1.28 bits per heavy atom. The van der Waals surface area contributed by atoms with Crippen molar-refractivity contribution in [1.29, 1.82) is 0 Å². The zero-order valence-corrected chi connectivity index (χ0v) is 15.8. The van der Waals surface area contributed by atoms with E-state index in [1.165, 1.54) is 30.6 Å². The first-order valence-electron chi connectivity index (χ1n) is 9.36. The predicted octanol–water partition coefficient (Wildman–Crippen LogP) is 4.11. The molecule has 2 aromatic heterocycles. The van der Waals surface area contributed by atoms with Crippen molar-refractivity contribution in [1.82, 2.24) is 9.55 Å². The van der Waals surface area contributed by atoms with Crippen molar-refractivity contribution in [3.05, 3.63) is 26.6 Å². The fraction of sp³-hybridized carbons (Fsp3) is 0.632. The number of carboxylic acids is 1. The van der Waals surface area contributed by atoms with Gasteiger partial charge in [0.2, 0.25) is 0 Å².